The zero-order valence-electron chi connectivity index (χ0n) is 13.8. The number of anilines is 1. The fourth-order valence-electron chi connectivity index (χ4n) is 1.90. The van der Waals surface area contributed by atoms with E-state index < -0.39 is 29.7 Å². The molecule has 0 aliphatic heterocycles. The van der Waals surface area contributed by atoms with Gasteiger partial charge >= 0.3 is 11.9 Å². The van der Waals surface area contributed by atoms with Crippen LogP contribution in [0.3, 0.4) is 0 Å². The van der Waals surface area contributed by atoms with E-state index in [2.05, 4.69) is 15.4 Å². The lowest BCUT2D eigenvalue weighted by molar-refractivity contribution is -0.142. The van der Waals surface area contributed by atoms with E-state index >= 15 is 0 Å². The van der Waals surface area contributed by atoms with Gasteiger partial charge in [0.15, 0.2) is 5.81 Å². The highest BCUT2D eigenvalue weighted by Gasteiger charge is 2.24. The predicted molar refractivity (Wildman–Crippen MR) is 88.5 cm³/mol. The Bertz CT molecular complexity index is 634. The van der Waals surface area contributed by atoms with Crippen molar-refractivity contribution in [2.45, 2.75) is 19.4 Å². The van der Waals surface area contributed by atoms with E-state index in [1.54, 1.807) is 19.1 Å². The molecule has 1 rings (SSSR count). The third kappa shape index (κ3) is 5.75. The van der Waals surface area contributed by atoms with Gasteiger partial charge in [0, 0.05) is 0 Å². The first-order chi connectivity index (χ1) is 11.4. The minimum absolute atomic E-state index is 0.173. The molecule has 2 amide bonds. The van der Waals surface area contributed by atoms with Gasteiger partial charge in [0.2, 0.25) is 13.8 Å². The Kier molecular flexibility index (Phi) is 7.47. The Morgan fingerprint density at radius 3 is 2.46 bits per heavy atom. The Hall–Kier alpha value is -2.84. The number of amides is 2. The topological polar surface area (TPSA) is 111 Å². The van der Waals surface area contributed by atoms with Crippen LogP contribution in [-0.4, -0.2) is 51.3 Å². The van der Waals surface area contributed by atoms with Crippen LogP contribution in [0.25, 0.3) is 0 Å². The number of benzene rings is 1. The van der Waals surface area contributed by atoms with Gasteiger partial charge in [-0.25, -0.2) is 4.79 Å². The normalized spacial score (nSPS) is 11.1. The van der Waals surface area contributed by atoms with E-state index in [0.29, 0.717) is 0 Å². The van der Waals surface area contributed by atoms with Crippen molar-refractivity contribution in [3.63, 3.8) is 0 Å². The summed E-state index contributed by atoms with van der Waals surface area (Å²) in [4.78, 5) is 46.9. The molecule has 0 aliphatic rings. The summed E-state index contributed by atoms with van der Waals surface area (Å²) in [6.45, 7) is 1.86. The molecule has 0 spiro atoms. The van der Waals surface area contributed by atoms with Crippen molar-refractivity contribution in [1.82, 2.24) is 5.32 Å². The maximum atomic E-state index is 12.3. The molecule has 9 heteroatoms. The Balaban J connectivity index is 2.96. The highest BCUT2D eigenvalue weighted by molar-refractivity contribution is 6.57. The van der Waals surface area contributed by atoms with E-state index in [9.17, 15) is 19.2 Å². The lowest BCUT2D eigenvalue weighted by Gasteiger charge is -2.18. The van der Waals surface area contributed by atoms with E-state index in [4.69, 9.17) is 4.74 Å². The van der Waals surface area contributed by atoms with Crippen molar-refractivity contribution in [3.8, 4) is 0 Å². The lowest BCUT2D eigenvalue weighted by Crippen LogP contribution is -2.45. The van der Waals surface area contributed by atoms with Crippen LogP contribution in [0, 0.1) is 0 Å². The van der Waals surface area contributed by atoms with Gasteiger partial charge in [-0.2, -0.15) is 0 Å². The minimum atomic E-state index is -1.12. The number of nitrogens with one attached hydrogen (secondary N) is 2. The van der Waals surface area contributed by atoms with Gasteiger partial charge in [0.05, 0.1) is 31.4 Å². The molecule has 8 nitrogen and oxygen atoms in total. The second-order valence-corrected chi connectivity index (χ2v) is 4.79. The summed E-state index contributed by atoms with van der Waals surface area (Å²) < 4.78 is 9.44. The summed E-state index contributed by atoms with van der Waals surface area (Å²) in [5.41, 5.74) is 0.397. The first kappa shape index (κ1) is 19.2. The molecule has 0 saturated heterocycles. The van der Waals surface area contributed by atoms with E-state index in [-0.39, 0.29) is 24.3 Å². The molecule has 0 heterocycles. The first-order valence-electron chi connectivity index (χ1n) is 7.30. The number of carbonyl (C=O) groups excluding carboxylic acids is 4. The third-order valence-corrected chi connectivity index (χ3v) is 2.97. The van der Waals surface area contributed by atoms with Crippen molar-refractivity contribution < 1.29 is 28.7 Å². The third-order valence-electron chi connectivity index (χ3n) is 2.97. The summed E-state index contributed by atoms with van der Waals surface area (Å²) in [6.07, 6.45) is -0.330. The molecular weight excluding hydrogens is 315 g/mol. The molecular formula is C15H19BN2O6. The number of esters is 2. The fourth-order valence-corrected chi connectivity index (χ4v) is 1.90. The number of para-hydroxylation sites is 1. The molecule has 24 heavy (non-hydrogen) atoms. The fraction of sp³-hybridized carbons (Fsp3) is 0.333. The summed E-state index contributed by atoms with van der Waals surface area (Å²) in [5.74, 6) is -2.36. The van der Waals surface area contributed by atoms with Crippen LogP contribution in [0.4, 0.5) is 10.5 Å². The van der Waals surface area contributed by atoms with Gasteiger partial charge < -0.3 is 20.1 Å². The molecule has 0 aromatic heterocycles. The summed E-state index contributed by atoms with van der Waals surface area (Å²) in [5, 5.41) is 4.89. The smallest absolute Gasteiger partial charge is 0.340 e. The molecule has 0 fully saturated rings. The summed E-state index contributed by atoms with van der Waals surface area (Å²) >= 11 is 0. The SMILES string of the molecule is BC(=O)NC(CC(=O)OC)C(=O)Nc1ccccc1C(=O)OCC. The van der Waals surface area contributed by atoms with Crippen molar-refractivity contribution in [3.05, 3.63) is 29.8 Å². The van der Waals surface area contributed by atoms with Crippen molar-refractivity contribution in [2.75, 3.05) is 19.0 Å². The molecule has 0 saturated carbocycles. The van der Waals surface area contributed by atoms with Crippen LogP contribution in [-0.2, 0) is 19.1 Å². The summed E-state index contributed by atoms with van der Waals surface area (Å²) in [6, 6.07) is 5.16. The second-order valence-electron chi connectivity index (χ2n) is 4.79. The number of carbonyl (C=O) groups is 4. The van der Waals surface area contributed by atoms with E-state index in [1.165, 1.54) is 27.1 Å². The number of hydrogen-bond acceptors (Lipinski definition) is 6. The maximum absolute atomic E-state index is 12.3. The van der Waals surface area contributed by atoms with Gasteiger partial charge in [-0.1, -0.05) is 12.1 Å². The predicted octanol–water partition coefficient (Wildman–Crippen LogP) is 0.0762. The monoisotopic (exact) mass is 334 g/mol. The van der Waals surface area contributed by atoms with Crippen LogP contribution < -0.4 is 10.6 Å². The van der Waals surface area contributed by atoms with Crippen LogP contribution in [0.15, 0.2) is 24.3 Å². The molecule has 1 aromatic rings. The van der Waals surface area contributed by atoms with Crippen LogP contribution in [0.2, 0.25) is 0 Å². The largest absolute Gasteiger partial charge is 0.469 e. The van der Waals surface area contributed by atoms with Gasteiger partial charge in [-0.05, 0) is 19.1 Å². The van der Waals surface area contributed by atoms with Gasteiger partial charge in [-0.15, -0.1) is 0 Å². The number of methoxy groups -OCH3 is 1. The van der Waals surface area contributed by atoms with Crippen LogP contribution >= 0.6 is 0 Å². The molecule has 1 atom stereocenters. The average molecular weight is 334 g/mol. The lowest BCUT2D eigenvalue weighted by atomic mass is 10.1. The Morgan fingerprint density at radius 1 is 1.21 bits per heavy atom. The zero-order chi connectivity index (χ0) is 18.1. The van der Waals surface area contributed by atoms with Crippen LogP contribution in [0.1, 0.15) is 23.7 Å². The molecule has 128 valence electrons. The van der Waals surface area contributed by atoms with E-state index in [1.807, 2.05) is 0 Å². The van der Waals surface area contributed by atoms with Crippen molar-refractivity contribution in [1.29, 1.82) is 0 Å². The van der Waals surface area contributed by atoms with E-state index in [0.717, 1.165) is 0 Å². The van der Waals surface area contributed by atoms with Gasteiger partial charge in [0.25, 0.3) is 0 Å². The van der Waals surface area contributed by atoms with Gasteiger partial charge in [-0.3, -0.25) is 14.4 Å². The first-order valence-corrected chi connectivity index (χ1v) is 7.30. The number of hydrogen-bond donors (Lipinski definition) is 2. The maximum Gasteiger partial charge on any atom is 0.340 e. The van der Waals surface area contributed by atoms with Crippen molar-refractivity contribution in [2.24, 2.45) is 0 Å². The van der Waals surface area contributed by atoms with Crippen LogP contribution in [0.5, 0.6) is 0 Å². The highest BCUT2D eigenvalue weighted by Crippen LogP contribution is 2.17. The molecule has 1 unspecified atom stereocenters. The zero-order valence-corrected chi connectivity index (χ0v) is 13.8. The molecule has 0 radical (unpaired) electrons. The minimum Gasteiger partial charge on any atom is -0.469 e. The number of rotatable bonds is 7. The molecule has 2 N–H and O–H groups in total. The average Bonchev–Trinajstić information content (AvgIpc) is 2.54. The quantitative estimate of drug-likeness (QED) is 0.539. The number of ether oxygens (including phenoxy) is 2. The highest BCUT2D eigenvalue weighted by atomic mass is 16.5. The molecule has 1 aromatic carbocycles. The summed E-state index contributed by atoms with van der Waals surface area (Å²) in [7, 11) is 2.41. The van der Waals surface area contributed by atoms with Crippen molar-refractivity contribution >= 4 is 37.2 Å². The molecule has 0 aliphatic carbocycles. The molecule has 0 bridgehead atoms. The standard InChI is InChI=1S/C15H19BN2O6/c1-3-24-14(21)9-6-4-5-7-10(9)17-13(20)11(18-15(16)22)8-12(19)23-2/h4-7,11H,3,8,16H2,1-2H3,(H,17,20)(H,18,22). The van der Waals surface area contributed by atoms with Gasteiger partial charge in [0.1, 0.15) is 6.04 Å². The Labute approximate surface area is 140 Å². The Morgan fingerprint density at radius 2 is 1.88 bits per heavy atom. The second kappa shape index (κ2) is 9.34.